The molecule has 0 aromatic heterocycles. The molecule has 0 bridgehead atoms. The first-order chi connectivity index (χ1) is 9.76. The number of amides is 1. The van der Waals surface area contributed by atoms with Crippen molar-refractivity contribution < 1.29 is 14.3 Å². The van der Waals surface area contributed by atoms with Gasteiger partial charge in [0.15, 0.2) is 5.96 Å². The molecular weight excluding hydrogens is 387 g/mol. The first kappa shape index (κ1) is 20.4. The quantitative estimate of drug-likeness (QED) is 0.227. The highest BCUT2D eigenvalue weighted by atomic mass is 127. The van der Waals surface area contributed by atoms with Crippen molar-refractivity contribution in [3.05, 3.63) is 0 Å². The van der Waals surface area contributed by atoms with Crippen LogP contribution in [0, 0.1) is 0 Å². The SMILES string of the molecule is CCNC(=NCC(=O)NCCOC)NCC1CCCO1.I. The van der Waals surface area contributed by atoms with E-state index in [9.17, 15) is 4.79 Å². The molecule has 1 rings (SSSR count). The summed E-state index contributed by atoms with van der Waals surface area (Å²) in [4.78, 5) is 15.8. The molecule has 0 saturated carbocycles. The molecule has 1 aliphatic rings. The van der Waals surface area contributed by atoms with E-state index < -0.39 is 0 Å². The molecule has 1 unspecified atom stereocenters. The number of carbonyl (C=O) groups excluding carboxylic acids is 1. The van der Waals surface area contributed by atoms with Gasteiger partial charge < -0.3 is 25.4 Å². The second-order valence-corrected chi connectivity index (χ2v) is 4.55. The predicted molar refractivity (Wildman–Crippen MR) is 93.3 cm³/mol. The minimum atomic E-state index is -0.114. The minimum Gasteiger partial charge on any atom is -0.383 e. The molecule has 7 nitrogen and oxygen atoms in total. The van der Waals surface area contributed by atoms with E-state index in [2.05, 4.69) is 20.9 Å². The monoisotopic (exact) mass is 414 g/mol. The van der Waals surface area contributed by atoms with E-state index >= 15 is 0 Å². The van der Waals surface area contributed by atoms with Gasteiger partial charge in [0.1, 0.15) is 6.54 Å². The highest BCUT2D eigenvalue weighted by Gasteiger charge is 2.15. The molecule has 8 heteroatoms. The predicted octanol–water partition coefficient (Wildman–Crippen LogP) is 0.101. The number of carbonyl (C=O) groups is 1. The molecule has 0 aliphatic carbocycles. The highest BCUT2D eigenvalue weighted by molar-refractivity contribution is 14.0. The Labute approximate surface area is 143 Å². The van der Waals surface area contributed by atoms with Gasteiger partial charge >= 0.3 is 0 Å². The van der Waals surface area contributed by atoms with Crippen LogP contribution in [0.25, 0.3) is 0 Å². The number of hydrogen-bond donors (Lipinski definition) is 3. The van der Waals surface area contributed by atoms with Crippen molar-refractivity contribution in [1.29, 1.82) is 0 Å². The summed E-state index contributed by atoms with van der Waals surface area (Å²) in [5.74, 6) is 0.529. The van der Waals surface area contributed by atoms with Crippen LogP contribution in [0.1, 0.15) is 19.8 Å². The molecular formula is C13H27IN4O3. The number of aliphatic imine (C=N–C) groups is 1. The number of hydrogen-bond acceptors (Lipinski definition) is 4. The lowest BCUT2D eigenvalue weighted by Crippen LogP contribution is -2.42. The van der Waals surface area contributed by atoms with Gasteiger partial charge in [0.25, 0.3) is 0 Å². The third kappa shape index (κ3) is 9.86. The van der Waals surface area contributed by atoms with Crippen molar-refractivity contribution in [1.82, 2.24) is 16.0 Å². The molecule has 1 atom stereocenters. The van der Waals surface area contributed by atoms with E-state index in [0.29, 0.717) is 19.1 Å². The Balaban J connectivity index is 0.00000400. The Morgan fingerprint density at radius 3 is 2.81 bits per heavy atom. The first-order valence-electron chi connectivity index (χ1n) is 7.15. The van der Waals surface area contributed by atoms with Gasteiger partial charge in [0.05, 0.1) is 12.7 Å². The molecule has 0 spiro atoms. The van der Waals surface area contributed by atoms with Crippen LogP contribution in [0.3, 0.4) is 0 Å². The molecule has 21 heavy (non-hydrogen) atoms. The summed E-state index contributed by atoms with van der Waals surface area (Å²) in [7, 11) is 1.60. The maximum absolute atomic E-state index is 11.5. The van der Waals surface area contributed by atoms with E-state index in [4.69, 9.17) is 9.47 Å². The van der Waals surface area contributed by atoms with Gasteiger partial charge in [-0.3, -0.25) is 4.79 Å². The molecule has 0 aromatic carbocycles. The van der Waals surface area contributed by atoms with Gasteiger partial charge in [0, 0.05) is 33.4 Å². The van der Waals surface area contributed by atoms with Crippen LogP contribution in [-0.4, -0.2) is 64.5 Å². The van der Waals surface area contributed by atoms with Crippen LogP contribution in [0.4, 0.5) is 0 Å². The van der Waals surface area contributed by atoms with E-state index in [0.717, 1.165) is 32.5 Å². The lowest BCUT2D eigenvalue weighted by Gasteiger charge is -2.14. The van der Waals surface area contributed by atoms with Gasteiger partial charge in [-0.25, -0.2) is 4.99 Å². The fourth-order valence-electron chi connectivity index (χ4n) is 1.86. The van der Waals surface area contributed by atoms with Crippen LogP contribution < -0.4 is 16.0 Å². The number of halogens is 1. The number of rotatable bonds is 8. The number of nitrogens with zero attached hydrogens (tertiary/aromatic N) is 1. The lowest BCUT2D eigenvalue weighted by atomic mass is 10.2. The molecule has 124 valence electrons. The average Bonchev–Trinajstić information content (AvgIpc) is 2.95. The second kappa shape index (κ2) is 13.1. The normalized spacial score (nSPS) is 18.0. The van der Waals surface area contributed by atoms with Crippen molar-refractivity contribution in [2.45, 2.75) is 25.9 Å². The Morgan fingerprint density at radius 1 is 1.38 bits per heavy atom. The average molecular weight is 414 g/mol. The molecule has 3 N–H and O–H groups in total. The minimum absolute atomic E-state index is 0. The van der Waals surface area contributed by atoms with Crippen molar-refractivity contribution in [2.75, 3.05) is 46.5 Å². The summed E-state index contributed by atoms with van der Waals surface area (Å²) in [5.41, 5.74) is 0. The van der Waals surface area contributed by atoms with Gasteiger partial charge in [-0.05, 0) is 19.8 Å². The highest BCUT2D eigenvalue weighted by Crippen LogP contribution is 2.10. The standard InChI is InChI=1S/C13H26N4O3.HI/c1-3-14-13(16-9-11-5-4-7-20-11)17-10-12(18)15-6-8-19-2;/h11H,3-10H2,1-2H3,(H,15,18)(H2,14,16,17);1H. The Morgan fingerprint density at radius 2 is 2.19 bits per heavy atom. The van der Waals surface area contributed by atoms with E-state index in [1.165, 1.54) is 0 Å². The molecule has 0 radical (unpaired) electrons. The van der Waals surface area contributed by atoms with Crippen LogP contribution >= 0.6 is 24.0 Å². The smallest absolute Gasteiger partial charge is 0.241 e. The van der Waals surface area contributed by atoms with Gasteiger partial charge in [0.2, 0.25) is 5.91 Å². The van der Waals surface area contributed by atoms with Crippen molar-refractivity contribution >= 4 is 35.8 Å². The van der Waals surface area contributed by atoms with Gasteiger partial charge in [-0.1, -0.05) is 0 Å². The summed E-state index contributed by atoms with van der Waals surface area (Å²) < 4.78 is 10.4. The zero-order chi connectivity index (χ0) is 14.6. The Kier molecular flexibility index (Phi) is 12.7. The second-order valence-electron chi connectivity index (χ2n) is 4.55. The molecule has 1 heterocycles. The van der Waals surface area contributed by atoms with E-state index in [1.807, 2.05) is 6.92 Å². The van der Waals surface area contributed by atoms with Crippen LogP contribution in [0.5, 0.6) is 0 Å². The van der Waals surface area contributed by atoms with Crippen molar-refractivity contribution in [3.63, 3.8) is 0 Å². The van der Waals surface area contributed by atoms with Gasteiger partial charge in [-0.15, -0.1) is 24.0 Å². The third-order valence-corrected chi connectivity index (χ3v) is 2.87. The topological polar surface area (TPSA) is 84.0 Å². The Bertz CT molecular complexity index is 310. The van der Waals surface area contributed by atoms with E-state index in [1.54, 1.807) is 7.11 Å². The van der Waals surface area contributed by atoms with E-state index in [-0.39, 0.29) is 42.5 Å². The van der Waals surface area contributed by atoms with Gasteiger partial charge in [-0.2, -0.15) is 0 Å². The number of nitrogens with one attached hydrogen (secondary N) is 3. The molecule has 0 aromatic rings. The van der Waals surface area contributed by atoms with Crippen molar-refractivity contribution in [2.24, 2.45) is 4.99 Å². The maximum atomic E-state index is 11.5. The number of ether oxygens (including phenoxy) is 2. The largest absolute Gasteiger partial charge is 0.383 e. The summed E-state index contributed by atoms with van der Waals surface area (Å²) in [6.07, 6.45) is 2.43. The first-order valence-corrected chi connectivity index (χ1v) is 7.15. The number of methoxy groups -OCH3 is 1. The van der Waals surface area contributed by atoms with Crippen LogP contribution in [0.2, 0.25) is 0 Å². The summed E-state index contributed by atoms with van der Waals surface area (Å²) in [6, 6.07) is 0. The summed E-state index contributed by atoms with van der Waals surface area (Å²) >= 11 is 0. The summed E-state index contributed by atoms with van der Waals surface area (Å²) in [6.45, 7) is 5.41. The molecule has 1 amide bonds. The zero-order valence-electron chi connectivity index (χ0n) is 12.8. The fraction of sp³-hybridized carbons (Fsp3) is 0.846. The lowest BCUT2D eigenvalue weighted by molar-refractivity contribution is -0.119. The number of guanidine groups is 1. The van der Waals surface area contributed by atoms with Crippen LogP contribution in [0.15, 0.2) is 4.99 Å². The molecule has 1 aliphatic heterocycles. The molecule has 1 fully saturated rings. The van der Waals surface area contributed by atoms with Crippen molar-refractivity contribution in [3.8, 4) is 0 Å². The zero-order valence-corrected chi connectivity index (χ0v) is 15.1. The van der Waals surface area contributed by atoms with Crippen LogP contribution in [-0.2, 0) is 14.3 Å². The third-order valence-electron chi connectivity index (χ3n) is 2.87. The molecule has 1 saturated heterocycles. The fourth-order valence-corrected chi connectivity index (χ4v) is 1.86. The maximum Gasteiger partial charge on any atom is 0.241 e. The Hall–Kier alpha value is -0.610. The summed E-state index contributed by atoms with van der Waals surface area (Å²) in [5, 5.41) is 9.03.